The lowest BCUT2D eigenvalue weighted by molar-refractivity contribution is 0.115. The molecule has 0 spiro atoms. The molecule has 4 aromatic rings. The molecule has 0 bridgehead atoms. The number of aromatic nitrogens is 4. The van der Waals surface area contributed by atoms with Gasteiger partial charge in [-0.05, 0) is 82.2 Å². The summed E-state index contributed by atoms with van der Waals surface area (Å²) < 4.78 is 34.1. The van der Waals surface area contributed by atoms with E-state index >= 15 is 4.39 Å². The fourth-order valence-electron chi connectivity index (χ4n) is 6.46. The number of halogens is 1. The van der Waals surface area contributed by atoms with Crippen LogP contribution in [0.1, 0.15) is 37.3 Å². The van der Waals surface area contributed by atoms with Crippen LogP contribution in [-0.4, -0.2) is 98.4 Å². The van der Waals surface area contributed by atoms with Crippen molar-refractivity contribution in [2.75, 3.05) is 69.0 Å². The summed E-state index contributed by atoms with van der Waals surface area (Å²) in [6.07, 6.45) is 9.03. The summed E-state index contributed by atoms with van der Waals surface area (Å²) in [5.74, 6) is 1.01. The zero-order valence-corrected chi connectivity index (χ0v) is 26.4. The van der Waals surface area contributed by atoms with Crippen molar-refractivity contribution in [2.45, 2.75) is 37.6 Å². The Morgan fingerprint density at radius 3 is 2.34 bits per heavy atom. The lowest BCUT2D eigenvalue weighted by Gasteiger charge is -2.42. The number of likely N-dealkylation sites (tertiary alicyclic amines) is 1. The number of piperazine rings is 1. The molecule has 0 radical (unpaired) electrons. The number of nitrogens with one attached hydrogen (secondary N) is 1. The van der Waals surface area contributed by atoms with Gasteiger partial charge in [0.05, 0.1) is 11.1 Å². The first-order valence-corrected chi connectivity index (χ1v) is 17.8. The zero-order valence-electron chi connectivity index (χ0n) is 25.6. The lowest BCUT2D eigenvalue weighted by atomic mass is 10.0. The second kappa shape index (κ2) is 11.7. The normalized spacial score (nSPS) is 19.0. The predicted molar refractivity (Wildman–Crippen MR) is 175 cm³/mol. The van der Waals surface area contributed by atoms with Crippen molar-refractivity contribution < 1.29 is 8.60 Å². The molecule has 44 heavy (non-hydrogen) atoms. The van der Waals surface area contributed by atoms with Gasteiger partial charge >= 0.3 is 0 Å². The van der Waals surface area contributed by atoms with E-state index in [-0.39, 0.29) is 11.7 Å². The van der Waals surface area contributed by atoms with Crippen LogP contribution in [0.4, 0.5) is 27.5 Å². The summed E-state index contributed by atoms with van der Waals surface area (Å²) in [4.78, 5) is 21.4. The molecule has 1 aromatic carbocycles. The minimum Gasteiger partial charge on any atom is -0.369 e. The Kier molecular flexibility index (Phi) is 7.75. The zero-order chi connectivity index (χ0) is 30.4. The van der Waals surface area contributed by atoms with Crippen molar-refractivity contribution >= 4 is 43.9 Å². The molecule has 0 atom stereocenters. The van der Waals surface area contributed by atoms with Crippen molar-refractivity contribution in [3.8, 4) is 5.82 Å². The van der Waals surface area contributed by atoms with Gasteiger partial charge in [0.25, 0.3) is 0 Å². The van der Waals surface area contributed by atoms with Crippen LogP contribution in [0.3, 0.4) is 0 Å². The van der Waals surface area contributed by atoms with Gasteiger partial charge in [0, 0.05) is 78.0 Å². The van der Waals surface area contributed by atoms with Crippen LogP contribution in [0.5, 0.6) is 0 Å². The largest absolute Gasteiger partial charge is 0.369 e. The average Bonchev–Trinajstić information content (AvgIpc) is 3.81. The maximum absolute atomic E-state index is 15.7. The van der Waals surface area contributed by atoms with E-state index in [0.29, 0.717) is 40.4 Å². The summed E-state index contributed by atoms with van der Waals surface area (Å²) in [6.45, 7) is 6.65. The van der Waals surface area contributed by atoms with Crippen LogP contribution < -0.4 is 10.2 Å². The van der Waals surface area contributed by atoms with Crippen LogP contribution in [0.15, 0.2) is 53.0 Å². The van der Waals surface area contributed by atoms with Crippen molar-refractivity contribution in [3.63, 3.8) is 0 Å². The third-order valence-corrected chi connectivity index (χ3v) is 9.54. The molecule has 232 valence electrons. The number of fused-ring (bicyclic) bond motifs is 1. The van der Waals surface area contributed by atoms with Gasteiger partial charge in [-0.15, -0.1) is 0 Å². The number of hydrogen-bond donors (Lipinski definition) is 1. The molecular formula is C32H40FN9OS. The number of nitrogens with zero attached hydrogens (tertiary/aromatic N) is 8. The predicted octanol–water partition coefficient (Wildman–Crippen LogP) is 5.15. The van der Waals surface area contributed by atoms with Gasteiger partial charge in [-0.25, -0.2) is 18.6 Å². The second-order valence-corrected chi connectivity index (χ2v) is 15.1. The number of pyridine rings is 1. The molecule has 10 nitrogen and oxygen atoms in total. The van der Waals surface area contributed by atoms with E-state index < -0.39 is 9.73 Å². The standard InChI is InChI=1S/C32H40FN9OS/c1-39-15-13-25(14-16-39)41-19-17-40(18-20-41)24-11-9-23(10-12-24)35-32-34-21-26-29(33)30(22-7-8-22)42(31(26)37-32)28-6-4-5-27(36-28)38-44(2,3)43/h4-6,9-12,21-22,25H,7-8,13-20H2,1-3H3,(H,34,35,37). The van der Waals surface area contributed by atoms with Crippen LogP contribution in [0.2, 0.25) is 0 Å². The topological polar surface area (TPSA) is 94.8 Å². The minimum absolute atomic E-state index is 0.100. The van der Waals surface area contributed by atoms with Crippen LogP contribution >= 0.6 is 0 Å². The van der Waals surface area contributed by atoms with E-state index in [0.717, 1.165) is 44.7 Å². The number of benzene rings is 1. The molecule has 7 rings (SSSR count). The van der Waals surface area contributed by atoms with Gasteiger partial charge in [0.15, 0.2) is 17.3 Å². The molecule has 2 saturated heterocycles. The van der Waals surface area contributed by atoms with E-state index in [1.165, 1.54) is 31.6 Å². The molecule has 3 fully saturated rings. The summed E-state index contributed by atoms with van der Waals surface area (Å²) in [7, 11) is -0.185. The first-order chi connectivity index (χ1) is 21.2. The fraction of sp³-hybridized carbons (Fsp3) is 0.469. The Morgan fingerprint density at radius 2 is 1.66 bits per heavy atom. The Hall–Kier alpha value is -3.61. The van der Waals surface area contributed by atoms with Gasteiger partial charge in [0.2, 0.25) is 5.95 Å². The summed E-state index contributed by atoms with van der Waals surface area (Å²) in [6, 6.07) is 14.4. The molecule has 5 heterocycles. The molecule has 0 unspecified atom stereocenters. The number of hydrogen-bond acceptors (Lipinski definition) is 9. The minimum atomic E-state index is -2.40. The Labute approximate surface area is 258 Å². The fourth-order valence-corrected chi connectivity index (χ4v) is 7.01. The molecule has 12 heteroatoms. The molecular weight excluding hydrogens is 577 g/mol. The van der Waals surface area contributed by atoms with E-state index in [1.54, 1.807) is 41.5 Å². The third kappa shape index (κ3) is 6.15. The molecule has 3 aliphatic rings. The number of piperidine rings is 1. The van der Waals surface area contributed by atoms with Gasteiger partial charge in [-0.1, -0.05) is 6.07 Å². The highest BCUT2D eigenvalue weighted by Gasteiger charge is 2.34. The average molecular weight is 618 g/mol. The molecule has 3 aromatic heterocycles. The van der Waals surface area contributed by atoms with Gasteiger partial charge in [-0.2, -0.15) is 9.35 Å². The smallest absolute Gasteiger partial charge is 0.229 e. The summed E-state index contributed by atoms with van der Waals surface area (Å²) >= 11 is 0. The first kappa shape index (κ1) is 29.1. The van der Waals surface area contributed by atoms with E-state index in [1.807, 2.05) is 12.1 Å². The van der Waals surface area contributed by atoms with Crippen LogP contribution in [0, 0.1) is 5.82 Å². The number of rotatable bonds is 7. The SMILES string of the molecule is CN1CCC(N2CCN(c3ccc(Nc4ncc5c(F)c(C6CC6)n(-c6cccc(N=S(C)(C)=O)n6)c5n4)cc3)CC2)CC1. The Bertz CT molecular complexity index is 1770. The van der Waals surface area contributed by atoms with Gasteiger partial charge < -0.3 is 15.1 Å². The number of anilines is 3. The van der Waals surface area contributed by atoms with Gasteiger partial charge in [-0.3, -0.25) is 9.47 Å². The van der Waals surface area contributed by atoms with E-state index in [2.05, 4.69) is 53.5 Å². The third-order valence-electron chi connectivity index (χ3n) is 8.92. The molecule has 1 aliphatic carbocycles. The van der Waals surface area contributed by atoms with Crippen molar-refractivity contribution in [1.82, 2.24) is 29.3 Å². The van der Waals surface area contributed by atoms with Crippen molar-refractivity contribution in [3.05, 3.63) is 60.2 Å². The first-order valence-electron chi connectivity index (χ1n) is 15.5. The van der Waals surface area contributed by atoms with Crippen molar-refractivity contribution in [2.24, 2.45) is 4.36 Å². The highest BCUT2D eigenvalue weighted by atomic mass is 32.2. The Balaban J connectivity index is 1.10. The van der Waals surface area contributed by atoms with E-state index in [9.17, 15) is 4.21 Å². The molecule has 2 aliphatic heterocycles. The second-order valence-electron chi connectivity index (χ2n) is 12.6. The monoisotopic (exact) mass is 617 g/mol. The summed E-state index contributed by atoms with van der Waals surface area (Å²) in [5, 5.41) is 3.66. The quantitative estimate of drug-likeness (QED) is 0.304. The maximum Gasteiger partial charge on any atom is 0.229 e. The van der Waals surface area contributed by atoms with E-state index in [4.69, 9.17) is 4.98 Å². The van der Waals surface area contributed by atoms with Crippen molar-refractivity contribution in [1.29, 1.82) is 0 Å². The van der Waals surface area contributed by atoms with Crippen LogP contribution in [0.25, 0.3) is 16.9 Å². The lowest BCUT2D eigenvalue weighted by Crippen LogP contribution is -2.52. The van der Waals surface area contributed by atoms with Crippen LogP contribution in [-0.2, 0) is 9.73 Å². The Morgan fingerprint density at radius 1 is 0.932 bits per heavy atom. The van der Waals surface area contributed by atoms with Gasteiger partial charge in [0.1, 0.15) is 5.82 Å². The highest BCUT2D eigenvalue weighted by molar-refractivity contribution is 7.92. The molecule has 0 amide bonds. The molecule has 1 saturated carbocycles. The molecule has 1 N–H and O–H groups in total. The maximum atomic E-state index is 15.7. The highest BCUT2D eigenvalue weighted by Crippen LogP contribution is 2.45. The summed E-state index contributed by atoms with van der Waals surface area (Å²) in [5.41, 5.74) is 3.07.